The summed E-state index contributed by atoms with van der Waals surface area (Å²) in [5.74, 6) is -2.18. The van der Waals surface area contributed by atoms with Crippen LogP contribution in [0, 0.1) is 41.5 Å². The summed E-state index contributed by atoms with van der Waals surface area (Å²) in [6.07, 6.45) is 0. The summed E-state index contributed by atoms with van der Waals surface area (Å²) >= 11 is 0. The standard InChI is InChI=1S/2C10H12O2.Zn/c2*1-6-4-5-7(2)9(8(6)3)10(11)12;/h2*4-5H,1-3H3,(H,11,12);/q;;+2/p-2. The molecule has 2 rings (SSSR count). The predicted octanol–water partition coefficient (Wildman–Crippen LogP) is 1.95. The summed E-state index contributed by atoms with van der Waals surface area (Å²) in [5.41, 5.74) is 5.76. The third-order valence-corrected chi connectivity index (χ3v) is 4.30. The number of hydrogen-bond donors (Lipinski definition) is 0. The molecular weight excluding hydrogens is 370 g/mol. The van der Waals surface area contributed by atoms with E-state index in [0.29, 0.717) is 11.1 Å². The quantitative estimate of drug-likeness (QED) is 0.733. The SMILES string of the molecule is Cc1ccc(C)c(C(=O)[O-])c1C.Cc1ccc(C)c(C(=O)[O-])c1C.[Zn+2]. The van der Waals surface area contributed by atoms with Crippen LogP contribution in [0.1, 0.15) is 54.1 Å². The fraction of sp³-hybridized carbons (Fsp3) is 0.300. The first-order valence-corrected chi connectivity index (χ1v) is 7.64. The summed E-state index contributed by atoms with van der Waals surface area (Å²) < 4.78 is 0. The van der Waals surface area contributed by atoms with Gasteiger partial charge in [0, 0.05) is 11.1 Å². The molecule has 2 aromatic rings. The monoisotopic (exact) mass is 390 g/mol. The molecule has 0 saturated carbocycles. The molecule has 0 radical (unpaired) electrons. The molecule has 0 bridgehead atoms. The Balaban J connectivity index is 0.000000443. The minimum absolute atomic E-state index is 0. The number of aryl methyl sites for hydroxylation is 4. The Kier molecular flexibility index (Phi) is 8.72. The van der Waals surface area contributed by atoms with Crippen molar-refractivity contribution >= 4 is 11.9 Å². The van der Waals surface area contributed by atoms with Crippen LogP contribution in [-0.2, 0) is 19.5 Å². The van der Waals surface area contributed by atoms with Crippen molar-refractivity contribution in [1.82, 2.24) is 0 Å². The van der Waals surface area contributed by atoms with Crippen LogP contribution in [-0.4, -0.2) is 11.9 Å². The summed E-state index contributed by atoms with van der Waals surface area (Å²) in [7, 11) is 0. The zero-order valence-electron chi connectivity index (χ0n) is 15.6. The van der Waals surface area contributed by atoms with Crippen molar-refractivity contribution in [2.75, 3.05) is 0 Å². The van der Waals surface area contributed by atoms with Gasteiger partial charge >= 0.3 is 19.5 Å². The zero-order chi connectivity index (χ0) is 18.6. The molecular formula is C20H22O4Zn. The Morgan fingerprint density at radius 1 is 0.600 bits per heavy atom. The number of carboxylic acids is 2. The van der Waals surface area contributed by atoms with Crippen LogP contribution >= 0.6 is 0 Å². The number of benzene rings is 2. The van der Waals surface area contributed by atoms with Crippen LogP contribution in [0.4, 0.5) is 0 Å². The molecule has 0 N–H and O–H groups in total. The van der Waals surface area contributed by atoms with Gasteiger partial charge < -0.3 is 19.8 Å². The van der Waals surface area contributed by atoms with Crippen molar-refractivity contribution < 1.29 is 39.3 Å². The van der Waals surface area contributed by atoms with Crippen LogP contribution in [0.2, 0.25) is 0 Å². The molecule has 0 unspecified atom stereocenters. The molecule has 4 nitrogen and oxygen atoms in total. The van der Waals surface area contributed by atoms with Gasteiger partial charge in [-0.2, -0.15) is 0 Å². The molecule has 0 aliphatic rings. The van der Waals surface area contributed by atoms with Gasteiger partial charge in [-0.25, -0.2) is 0 Å². The van der Waals surface area contributed by atoms with Gasteiger partial charge in [0.1, 0.15) is 0 Å². The number of rotatable bonds is 2. The smallest absolute Gasteiger partial charge is 0.545 e. The van der Waals surface area contributed by atoms with E-state index in [9.17, 15) is 19.8 Å². The van der Waals surface area contributed by atoms with E-state index in [4.69, 9.17) is 0 Å². The summed E-state index contributed by atoms with van der Waals surface area (Å²) in [5, 5.41) is 21.4. The minimum atomic E-state index is -1.09. The number of carbonyl (C=O) groups is 2. The third kappa shape index (κ3) is 5.50. The summed E-state index contributed by atoms with van der Waals surface area (Å²) in [6, 6.07) is 7.43. The van der Waals surface area contributed by atoms with Gasteiger partial charge in [-0.15, -0.1) is 0 Å². The van der Waals surface area contributed by atoms with Crippen LogP contribution in [0.5, 0.6) is 0 Å². The van der Waals surface area contributed by atoms with E-state index in [2.05, 4.69) is 0 Å². The first kappa shape index (κ1) is 23.0. The molecule has 0 aliphatic carbocycles. The Morgan fingerprint density at radius 2 is 0.840 bits per heavy atom. The summed E-state index contributed by atoms with van der Waals surface area (Å²) in [6.45, 7) is 10.9. The van der Waals surface area contributed by atoms with Crippen molar-refractivity contribution in [3.05, 3.63) is 68.8 Å². The predicted molar refractivity (Wildman–Crippen MR) is 90.0 cm³/mol. The van der Waals surface area contributed by atoms with E-state index in [1.807, 2.05) is 26.0 Å². The fourth-order valence-electron chi connectivity index (χ4n) is 2.53. The summed E-state index contributed by atoms with van der Waals surface area (Å²) in [4.78, 5) is 21.4. The van der Waals surface area contributed by atoms with Crippen LogP contribution in [0.3, 0.4) is 0 Å². The Hall–Kier alpha value is -2.00. The minimum Gasteiger partial charge on any atom is -0.545 e. The van der Waals surface area contributed by atoms with E-state index < -0.39 is 11.9 Å². The number of aromatic carboxylic acids is 2. The van der Waals surface area contributed by atoms with Gasteiger partial charge in [-0.3, -0.25) is 0 Å². The van der Waals surface area contributed by atoms with Crippen molar-refractivity contribution in [2.24, 2.45) is 0 Å². The second-order valence-corrected chi connectivity index (χ2v) is 5.97. The Morgan fingerprint density at radius 3 is 1.04 bits per heavy atom. The molecule has 0 amide bonds. The van der Waals surface area contributed by atoms with E-state index in [-0.39, 0.29) is 19.5 Å². The number of carboxylic acid groups (broad SMARTS) is 2. The number of carbonyl (C=O) groups excluding carboxylic acids is 2. The first-order chi connectivity index (χ1) is 11.1. The van der Waals surface area contributed by atoms with E-state index in [0.717, 1.165) is 33.4 Å². The van der Waals surface area contributed by atoms with Crippen molar-refractivity contribution in [1.29, 1.82) is 0 Å². The molecule has 2 aromatic carbocycles. The van der Waals surface area contributed by atoms with E-state index in [1.165, 1.54) is 0 Å². The third-order valence-electron chi connectivity index (χ3n) is 4.30. The first-order valence-electron chi connectivity index (χ1n) is 7.64. The molecule has 0 spiro atoms. The van der Waals surface area contributed by atoms with E-state index in [1.54, 1.807) is 39.8 Å². The molecule has 25 heavy (non-hydrogen) atoms. The second kappa shape index (κ2) is 9.48. The molecule has 0 atom stereocenters. The molecule has 0 aromatic heterocycles. The topological polar surface area (TPSA) is 80.3 Å². The molecule has 0 aliphatic heterocycles. The van der Waals surface area contributed by atoms with Gasteiger partial charge in [0.2, 0.25) is 0 Å². The normalized spacial score (nSPS) is 9.52. The molecule has 5 heteroatoms. The maximum Gasteiger partial charge on any atom is 2.00 e. The van der Waals surface area contributed by atoms with Gasteiger partial charge in [0.25, 0.3) is 0 Å². The van der Waals surface area contributed by atoms with Crippen molar-refractivity contribution in [2.45, 2.75) is 41.5 Å². The maximum atomic E-state index is 10.7. The van der Waals surface area contributed by atoms with E-state index >= 15 is 0 Å². The average molecular weight is 392 g/mol. The Labute approximate surface area is 161 Å². The zero-order valence-corrected chi connectivity index (χ0v) is 18.6. The van der Waals surface area contributed by atoms with Gasteiger partial charge in [-0.1, -0.05) is 24.3 Å². The average Bonchev–Trinajstić information content (AvgIpc) is 2.48. The number of hydrogen-bond acceptors (Lipinski definition) is 4. The van der Waals surface area contributed by atoms with Crippen molar-refractivity contribution in [3.8, 4) is 0 Å². The van der Waals surface area contributed by atoms with Crippen LogP contribution < -0.4 is 10.2 Å². The molecule has 0 heterocycles. The van der Waals surface area contributed by atoms with Gasteiger partial charge in [0.05, 0.1) is 11.9 Å². The van der Waals surface area contributed by atoms with Crippen LogP contribution in [0.25, 0.3) is 0 Å². The second-order valence-electron chi connectivity index (χ2n) is 5.97. The van der Waals surface area contributed by atoms with Gasteiger partial charge in [0.15, 0.2) is 0 Å². The van der Waals surface area contributed by atoms with Crippen LogP contribution in [0.15, 0.2) is 24.3 Å². The maximum absolute atomic E-state index is 10.7. The fourth-order valence-corrected chi connectivity index (χ4v) is 2.53. The largest absolute Gasteiger partial charge is 2.00 e. The molecule has 128 valence electrons. The Bertz CT molecular complexity index is 727. The molecule has 0 saturated heterocycles. The van der Waals surface area contributed by atoms with Gasteiger partial charge in [-0.05, 0) is 74.9 Å². The molecule has 0 fully saturated rings. The van der Waals surface area contributed by atoms with Crippen molar-refractivity contribution in [3.63, 3.8) is 0 Å².